The molecule has 1 atom stereocenters. The summed E-state index contributed by atoms with van der Waals surface area (Å²) >= 11 is 5.91. The van der Waals surface area contributed by atoms with Gasteiger partial charge in [0, 0.05) is 17.0 Å². The third kappa shape index (κ3) is 2.42. The van der Waals surface area contributed by atoms with E-state index in [0.717, 1.165) is 23.2 Å². The van der Waals surface area contributed by atoms with Gasteiger partial charge in [-0.15, -0.1) is 0 Å². The Morgan fingerprint density at radius 3 is 2.95 bits per heavy atom. The van der Waals surface area contributed by atoms with Gasteiger partial charge in [0.1, 0.15) is 25.1 Å². The van der Waals surface area contributed by atoms with E-state index in [2.05, 4.69) is 15.1 Å². The summed E-state index contributed by atoms with van der Waals surface area (Å²) in [5.74, 6) is 0.615. The summed E-state index contributed by atoms with van der Waals surface area (Å²) in [4.78, 5) is 4.67. The number of rotatable bonds is 3. The molecule has 0 saturated heterocycles. The number of aromatic nitrogens is 1. The van der Waals surface area contributed by atoms with E-state index in [9.17, 15) is 0 Å². The van der Waals surface area contributed by atoms with Crippen LogP contribution in [0.5, 0.6) is 0 Å². The van der Waals surface area contributed by atoms with E-state index in [1.54, 1.807) is 0 Å². The summed E-state index contributed by atoms with van der Waals surface area (Å²) in [5.41, 5.74) is 2.80. The first-order valence-corrected chi connectivity index (χ1v) is 6.59. The van der Waals surface area contributed by atoms with Crippen LogP contribution in [0.15, 0.2) is 33.9 Å². The van der Waals surface area contributed by atoms with Crippen LogP contribution in [0.1, 0.15) is 28.7 Å². The molecule has 20 heavy (non-hydrogen) atoms. The molecular weight excluding hydrogens is 280 g/mol. The average Bonchev–Trinajstić information content (AvgIpc) is 2.89. The molecule has 1 unspecified atom stereocenters. The van der Waals surface area contributed by atoms with Gasteiger partial charge in [0.15, 0.2) is 5.76 Å². The smallest absolute Gasteiger partial charge is 0.184 e. The van der Waals surface area contributed by atoms with Gasteiger partial charge in [-0.2, -0.15) is 0 Å². The lowest BCUT2D eigenvalue weighted by Gasteiger charge is -2.21. The molecule has 1 aliphatic rings. The Bertz CT molecular complexity index is 622. The van der Waals surface area contributed by atoms with Crippen LogP contribution >= 0.6 is 11.6 Å². The summed E-state index contributed by atoms with van der Waals surface area (Å²) in [7, 11) is 1.49. The lowest BCUT2D eigenvalue weighted by molar-refractivity contribution is 0.0657. The van der Waals surface area contributed by atoms with E-state index < -0.39 is 0 Å². The Morgan fingerprint density at radius 1 is 1.40 bits per heavy atom. The summed E-state index contributed by atoms with van der Waals surface area (Å²) in [5, 5.41) is 8.52. The Labute approximate surface area is 121 Å². The minimum atomic E-state index is -0.232. The Hall–Kier alpha value is -1.85. The van der Waals surface area contributed by atoms with Crippen molar-refractivity contribution in [2.45, 2.75) is 12.5 Å². The van der Waals surface area contributed by atoms with Crippen molar-refractivity contribution in [2.24, 2.45) is 5.16 Å². The zero-order valence-corrected chi connectivity index (χ0v) is 11.6. The number of nitrogens with zero attached hydrogens (tertiary/aromatic N) is 2. The molecule has 5 nitrogen and oxygen atoms in total. The number of ether oxygens (including phenoxy) is 1. The lowest BCUT2D eigenvalue weighted by atomic mass is 9.98. The van der Waals surface area contributed by atoms with Crippen LogP contribution in [0.2, 0.25) is 5.02 Å². The molecular formula is C14H13ClN2O3. The van der Waals surface area contributed by atoms with Crippen molar-refractivity contribution in [3.8, 4) is 0 Å². The molecule has 1 aromatic carbocycles. The first-order valence-electron chi connectivity index (χ1n) is 6.21. The number of halogens is 1. The van der Waals surface area contributed by atoms with Gasteiger partial charge >= 0.3 is 0 Å². The highest BCUT2D eigenvalue weighted by atomic mass is 35.5. The average molecular weight is 293 g/mol. The summed E-state index contributed by atoms with van der Waals surface area (Å²) < 4.78 is 11.1. The Morgan fingerprint density at radius 2 is 2.20 bits per heavy atom. The molecule has 0 bridgehead atoms. The number of benzene rings is 1. The van der Waals surface area contributed by atoms with Crippen LogP contribution in [-0.4, -0.2) is 25.1 Å². The summed E-state index contributed by atoms with van der Waals surface area (Å²) in [6.45, 7) is 0.606. The van der Waals surface area contributed by atoms with Gasteiger partial charge in [0.05, 0.1) is 6.61 Å². The standard InChI is InChI=1S/C14H13ClN2O3/c1-18-16-8-12-11-6-7-19-14(13(11)17-20-12)9-2-4-10(15)5-3-9/h2-5,8,14H,6-7H2,1H3/b16-8+. The van der Waals surface area contributed by atoms with Crippen LogP contribution in [0.25, 0.3) is 0 Å². The van der Waals surface area contributed by atoms with Crippen molar-refractivity contribution in [1.29, 1.82) is 0 Å². The van der Waals surface area contributed by atoms with E-state index in [0.29, 0.717) is 17.4 Å². The summed E-state index contributed by atoms with van der Waals surface area (Å²) in [6.07, 6.45) is 2.04. The second-order valence-corrected chi connectivity index (χ2v) is 4.82. The van der Waals surface area contributed by atoms with Crippen molar-refractivity contribution in [2.75, 3.05) is 13.7 Å². The van der Waals surface area contributed by atoms with Gasteiger partial charge < -0.3 is 14.1 Å². The highest BCUT2D eigenvalue weighted by Gasteiger charge is 2.29. The van der Waals surface area contributed by atoms with Crippen LogP contribution in [0.4, 0.5) is 0 Å². The maximum Gasteiger partial charge on any atom is 0.184 e. The molecule has 0 fully saturated rings. The van der Waals surface area contributed by atoms with E-state index in [-0.39, 0.29) is 6.10 Å². The number of fused-ring (bicyclic) bond motifs is 1. The fourth-order valence-electron chi connectivity index (χ4n) is 2.24. The maximum atomic E-state index is 5.91. The molecule has 3 rings (SSSR count). The van der Waals surface area contributed by atoms with E-state index in [4.69, 9.17) is 20.9 Å². The molecule has 0 aliphatic carbocycles. The highest BCUT2D eigenvalue weighted by Crippen LogP contribution is 2.33. The topological polar surface area (TPSA) is 56.9 Å². The van der Waals surface area contributed by atoms with Crippen molar-refractivity contribution in [3.05, 3.63) is 51.9 Å². The Balaban J connectivity index is 1.96. The quantitative estimate of drug-likeness (QED) is 0.644. The van der Waals surface area contributed by atoms with Gasteiger partial charge in [-0.05, 0) is 17.7 Å². The van der Waals surface area contributed by atoms with E-state index in [1.807, 2.05) is 24.3 Å². The summed E-state index contributed by atoms with van der Waals surface area (Å²) in [6, 6.07) is 7.53. The first kappa shape index (κ1) is 13.1. The second kappa shape index (κ2) is 5.64. The molecule has 0 N–H and O–H groups in total. The monoisotopic (exact) mass is 292 g/mol. The lowest BCUT2D eigenvalue weighted by Crippen LogP contribution is -2.17. The van der Waals surface area contributed by atoms with Crippen LogP contribution < -0.4 is 0 Å². The molecule has 1 aromatic heterocycles. The number of oxime groups is 1. The molecule has 0 radical (unpaired) electrons. The SMILES string of the molecule is CO/N=C/c1onc2c1CCOC2c1ccc(Cl)cc1. The minimum absolute atomic E-state index is 0.232. The molecule has 0 saturated carbocycles. The zero-order chi connectivity index (χ0) is 13.9. The largest absolute Gasteiger partial charge is 0.399 e. The molecule has 2 aromatic rings. The van der Waals surface area contributed by atoms with Gasteiger partial charge in [0.25, 0.3) is 0 Å². The van der Waals surface area contributed by atoms with Crippen molar-refractivity contribution in [1.82, 2.24) is 5.16 Å². The van der Waals surface area contributed by atoms with Gasteiger partial charge in [0.2, 0.25) is 0 Å². The molecule has 0 spiro atoms. The fraction of sp³-hybridized carbons (Fsp3) is 0.286. The molecule has 0 amide bonds. The first-order chi connectivity index (χ1) is 9.79. The normalized spacial score (nSPS) is 18.2. The molecule has 2 heterocycles. The van der Waals surface area contributed by atoms with Crippen molar-refractivity contribution < 1.29 is 14.1 Å². The van der Waals surface area contributed by atoms with Crippen molar-refractivity contribution in [3.63, 3.8) is 0 Å². The second-order valence-electron chi connectivity index (χ2n) is 4.38. The number of hydrogen-bond donors (Lipinski definition) is 0. The third-order valence-electron chi connectivity index (χ3n) is 3.18. The molecule has 1 aliphatic heterocycles. The number of hydrogen-bond acceptors (Lipinski definition) is 5. The third-order valence-corrected chi connectivity index (χ3v) is 3.43. The van der Waals surface area contributed by atoms with Gasteiger partial charge in [-0.3, -0.25) is 0 Å². The van der Waals surface area contributed by atoms with Crippen LogP contribution in [0.3, 0.4) is 0 Å². The van der Waals surface area contributed by atoms with Crippen LogP contribution in [-0.2, 0) is 16.0 Å². The van der Waals surface area contributed by atoms with Gasteiger partial charge in [-0.1, -0.05) is 34.0 Å². The predicted molar refractivity (Wildman–Crippen MR) is 74.1 cm³/mol. The maximum absolute atomic E-state index is 5.91. The van der Waals surface area contributed by atoms with Crippen molar-refractivity contribution >= 4 is 17.8 Å². The van der Waals surface area contributed by atoms with E-state index in [1.165, 1.54) is 13.3 Å². The zero-order valence-electron chi connectivity index (χ0n) is 10.9. The van der Waals surface area contributed by atoms with Gasteiger partial charge in [-0.25, -0.2) is 0 Å². The molecule has 6 heteroatoms. The minimum Gasteiger partial charge on any atom is -0.399 e. The Kier molecular flexibility index (Phi) is 3.71. The fourth-order valence-corrected chi connectivity index (χ4v) is 2.37. The molecule has 104 valence electrons. The highest BCUT2D eigenvalue weighted by molar-refractivity contribution is 6.30. The predicted octanol–water partition coefficient (Wildman–Crippen LogP) is 2.97. The van der Waals surface area contributed by atoms with Crippen LogP contribution in [0, 0.1) is 0 Å². The van der Waals surface area contributed by atoms with E-state index >= 15 is 0 Å².